The molecular formula is C16H32N2O. The molecule has 3 heteroatoms. The minimum Gasteiger partial charge on any atom is -0.383 e. The van der Waals surface area contributed by atoms with Gasteiger partial charge in [0.25, 0.3) is 0 Å². The standard InChI is InChI=1S/C16H32N2O/c1-4-14-11-17-16(9-7-6-8-10-16)13-18(14)15(5-2)12-19-3/h14-15,17H,4-13H2,1-3H3. The van der Waals surface area contributed by atoms with Gasteiger partial charge < -0.3 is 10.1 Å². The molecule has 2 aliphatic rings. The van der Waals surface area contributed by atoms with E-state index in [1.807, 2.05) is 7.11 Å². The van der Waals surface area contributed by atoms with Crippen LogP contribution in [0.5, 0.6) is 0 Å². The van der Waals surface area contributed by atoms with Gasteiger partial charge in [-0.2, -0.15) is 0 Å². The Morgan fingerprint density at radius 1 is 1.26 bits per heavy atom. The fourth-order valence-electron chi connectivity index (χ4n) is 4.00. The Morgan fingerprint density at radius 2 is 2.00 bits per heavy atom. The van der Waals surface area contributed by atoms with Gasteiger partial charge in [-0.1, -0.05) is 33.1 Å². The van der Waals surface area contributed by atoms with E-state index in [0.717, 1.165) is 13.2 Å². The fraction of sp³-hybridized carbons (Fsp3) is 1.00. The molecule has 0 aromatic carbocycles. The maximum absolute atomic E-state index is 5.45. The Morgan fingerprint density at radius 3 is 2.58 bits per heavy atom. The molecule has 1 heterocycles. The Bertz CT molecular complexity index is 263. The molecule has 3 nitrogen and oxygen atoms in total. The SMILES string of the molecule is CCC1CNC2(CCCCC2)CN1C(CC)COC. The summed E-state index contributed by atoms with van der Waals surface area (Å²) < 4.78 is 5.45. The Balaban J connectivity index is 2.07. The summed E-state index contributed by atoms with van der Waals surface area (Å²) in [6.45, 7) is 7.89. The van der Waals surface area contributed by atoms with Gasteiger partial charge in [0.2, 0.25) is 0 Å². The highest BCUT2D eigenvalue weighted by molar-refractivity contribution is 5.00. The van der Waals surface area contributed by atoms with Crippen LogP contribution in [0, 0.1) is 0 Å². The van der Waals surface area contributed by atoms with Crippen LogP contribution in [0.4, 0.5) is 0 Å². The van der Waals surface area contributed by atoms with E-state index < -0.39 is 0 Å². The Kier molecular flexibility index (Phi) is 5.67. The quantitative estimate of drug-likeness (QED) is 0.830. The summed E-state index contributed by atoms with van der Waals surface area (Å²) in [5, 5.41) is 3.90. The van der Waals surface area contributed by atoms with Gasteiger partial charge >= 0.3 is 0 Å². The largest absolute Gasteiger partial charge is 0.383 e. The number of ether oxygens (including phenoxy) is 1. The number of nitrogens with one attached hydrogen (secondary N) is 1. The number of nitrogens with zero attached hydrogens (tertiary/aromatic N) is 1. The van der Waals surface area contributed by atoms with Crippen molar-refractivity contribution in [3.63, 3.8) is 0 Å². The topological polar surface area (TPSA) is 24.5 Å². The summed E-state index contributed by atoms with van der Waals surface area (Å²) in [7, 11) is 1.84. The lowest BCUT2D eigenvalue weighted by Gasteiger charge is -2.52. The molecule has 1 aliphatic carbocycles. The first kappa shape index (κ1) is 15.3. The molecule has 2 unspecified atom stereocenters. The molecule has 1 N–H and O–H groups in total. The molecule has 112 valence electrons. The smallest absolute Gasteiger partial charge is 0.0618 e. The van der Waals surface area contributed by atoms with Crippen LogP contribution in [0.2, 0.25) is 0 Å². The predicted molar refractivity (Wildman–Crippen MR) is 80.6 cm³/mol. The predicted octanol–water partition coefficient (Wildman–Crippen LogP) is 2.80. The average Bonchev–Trinajstić information content (AvgIpc) is 2.45. The van der Waals surface area contributed by atoms with Crippen molar-refractivity contribution in [1.82, 2.24) is 10.2 Å². The van der Waals surface area contributed by atoms with Gasteiger partial charge in [0.05, 0.1) is 6.61 Å². The Labute approximate surface area is 119 Å². The molecule has 1 saturated carbocycles. The third kappa shape index (κ3) is 3.50. The summed E-state index contributed by atoms with van der Waals surface area (Å²) in [4.78, 5) is 2.76. The minimum absolute atomic E-state index is 0.408. The van der Waals surface area contributed by atoms with E-state index in [-0.39, 0.29) is 0 Å². The second-order valence-electron chi connectivity index (χ2n) is 6.47. The molecule has 0 amide bonds. The number of hydrogen-bond acceptors (Lipinski definition) is 3. The van der Waals surface area contributed by atoms with Gasteiger partial charge in [-0.3, -0.25) is 4.90 Å². The van der Waals surface area contributed by atoms with Gasteiger partial charge in [-0.25, -0.2) is 0 Å². The lowest BCUT2D eigenvalue weighted by atomic mass is 9.78. The van der Waals surface area contributed by atoms with Gasteiger partial charge in [0.15, 0.2) is 0 Å². The van der Waals surface area contributed by atoms with Crippen LogP contribution in [0.3, 0.4) is 0 Å². The molecule has 1 spiro atoms. The molecule has 0 radical (unpaired) electrons. The molecule has 0 bridgehead atoms. The van der Waals surface area contributed by atoms with Gasteiger partial charge in [-0.15, -0.1) is 0 Å². The van der Waals surface area contributed by atoms with Gasteiger partial charge in [-0.05, 0) is 25.7 Å². The lowest BCUT2D eigenvalue weighted by Crippen LogP contribution is -2.67. The monoisotopic (exact) mass is 268 g/mol. The van der Waals surface area contributed by atoms with E-state index in [2.05, 4.69) is 24.1 Å². The molecule has 19 heavy (non-hydrogen) atoms. The summed E-state index contributed by atoms with van der Waals surface area (Å²) in [6, 6.07) is 1.28. The van der Waals surface area contributed by atoms with Crippen molar-refractivity contribution in [2.75, 3.05) is 26.8 Å². The van der Waals surface area contributed by atoms with E-state index in [0.29, 0.717) is 17.6 Å². The van der Waals surface area contributed by atoms with Crippen molar-refractivity contribution in [3.8, 4) is 0 Å². The average molecular weight is 268 g/mol. The van der Waals surface area contributed by atoms with Crippen molar-refractivity contribution < 1.29 is 4.74 Å². The molecular weight excluding hydrogens is 236 g/mol. The zero-order valence-corrected chi connectivity index (χ0v) is 13.1. The van der Waals surface area contributed by atoms with E-state index in [4.69, 9.17) is 4.74 Å². The Hall–Kier alpha value is -0.120. The molecule has 0 aromatic heterocycles. The van der Waals surface area contributed by atoms with E-state index in [1.54, 1.807) is 0 Å². The van der Waals surface area contributed by atoms with Crippen molar-refractivity contribution in [2.45, 2.75) is 76.4 Å². The second kappa shape index (κ2) is 7.05. The first-order valence-corrected chi connectivity index (χ1v) is 8.24. The van der Waals surface area contributed by atoms with E-state index in [1.165, 1.54) is 51.5 Å². The third-order valence-corrected chi connectivity index (χ3v) is 5.25. The molecule has 2 atom stereocenters. The lowest BCUT2D eigenvalue weighted by molar-refractivity contribution is -0.00574. The maximum Gasteiger partial charge on any atom is 0.0618 e. The second-order valence-corrected chi connectivity index (χ2v) is 6.47. The van der Waals surface area contributed by atoms with E-state index in [9.17, 15) is 0 Å². The summed E-state index contributed by atoms with van der Waals surface area (Å²) in [5.41, 5.74) is 0.408. The molecule has 1 aliphatic heterocycles. The molecule has 2 rings (SSSR count). The normalized spacial score (nSPS) is 29.5. The zero-order valence-electron chi connectivity index (χ0n) is 13.1. The maximum atomic E-state index is 5.45. The third-order valence-electron chi connectivity index (χ3n) is 5.25. The number of hydrogen-bond donors (Lipinski definition) is 1. The van der Waals surface area contributed by atoms with Gasteiger partial charge in [0, 0.05) is 37.8 Å². The minimum atomic E-state index is 0.408. The zero-order chi connectivity index (χ0) is 13.7. The number of methoxy groups -OCH3 is 1. The van der Waals surface area contributed by atoms with Crippen LogP contribution in [-0.2, 0) is 4.74 Å². The van der Waals surface area contributed by atoms with E-state index >= 15 is 0 Å². The highest BCUT2D eigenvalue weighted by Gasteiger charge is 2.41. The van der Waals surface area contributed by atoms with Crippen molar-refractivity contribution >= 4 is 0 Å². The van der Waals surface area contributed by atoms with Crippen LogP contribution in [0.15, 0.2) is 0 Å². The first-order valence-electron chi connectivity index (χ1n) is 8.24. The van der Waals surface area contributed by atoms with Crippen LogP contribution in [0.1, 0.15) is 58.8 Å². The van der Waals surface area contributed by atoms with Crippen LogP contribution in [-0.4, -0.2) is 49.3 Å². The highest BCUT2D eigenvalue weighted by atomic mass is 16.5. The van der Waals surface area contributed by atoms with Crippen molar-refractivity contribution in [1.29, 1.82) is 0 Å². The van der Waals surface area contributed by atoms with Gasteiger partial charge in [0.1, 0.15) is 0 Å². The molecule has 2 fully saturated rings. The first-order chi connectivity index (χ1) is 9.24. The fourth-order valence-corrected chi connectivity index (χ4v) is 4.00. The summed E-state index contributed by atoms with van der Waals surface area (Å²) in [5.74, 6) is 0. The highest BCUT2D eigenvalue weighted by Crippen LogP contribution is 2.33. The van der Waals surface area contributed by atoms with Crippen molar-refractivity contribution in [2.24, 2.45) is 0 Å². The summed E-state index contributed by atoms with van der Waals surface area (Å²) in [6.07, 6.45) is 9.39. The number of rotatable bonds is 5. The molecule has 0 aromatic rings. The summed E-state index contributed by atoms with van der Waals surface area (Å²) >= 11 is 0. The number of piperazine rings is 1. The van der Waals surface area contributed by atoms with Crippen LogP contribution in [0.25, 0.3) is 0 Å². The van der Waals surface area contributed by atoms with Crippen molar-refractivity contribution in [3.05, 3.63) is 0 Å². The van der Waals surface area contributed by atoms with Crippen LogP contribution < -0.4 is 5.32 Å². The molecule has 1 saturated heterocycles. The van der Waals surface area contributed by atoms with Crippen LogP contribution >= 0.6 is 0 Å².